The van der Waals surface area contributed by atoms with Crippen molar-refractivity contribution >= 4 is 23.4 Å². The van der Waals surface area contributed by atoms with Gasteiger partial charge < -0.3 is 9.30 Å². The van der Waals surface area contributed by atoms with Gasteiger partial charge in [0.1, 0.15) is 0 Å². The summed E-state index contributed by atoms with van der Waals surface area (Å²) in [5, 5.41) is 1.01. The predicted molar refractivity (Wildman–Crippen MR) is 73.8 cm³/mol. The van der Waals surface area contributed by atoms with Crippen molar-refractivity contribution in [3.05, 3.63) is 11.9 Å². The summed E-state index contributed by atoms with van der Waals surface area (Å²) in [5.41, 5.74) is 1.05. The lowest BCUT2D eigenvalue weighted by Gasteiger charge is -2.06. The van der Waals surface area contributed by atoms with Crippen LogP contribution in [0.1, 0.15) is 26.0 Å². The number of thioether (sulfide) groups is 1. The zero-order chi connectivity index (χ0) is 12.7. The molecule has 1 heterocycles. The molecule has 1 aromatic heterocycles. The van der Waals surface area contributed by atoms with E-state index in [0.29, 0.717) is 11.8 Å². The Morgan fingerprint density at radius 2 is 2.24 bits per heavy atom. The van der Waals surface area contributed by atoms with Crippen LogP contribution in [0.5, 0.6) is 0 Å². The quantitative estimate of drug-likeness (QED) is 0.414. The Kier molecular flexibility index (Phi) is 7.00. The lowest BCUT2D eigenvalue weighted by atomic mass is 10.1. The van der Waals surface area contributed by atoms with Gasteiger partial charge >= 0.3 is 0 Å². The molecule has 0 fully saturated rings. The highest BCUT2D eigenvalue weighted by molar-refractivity contribution is 7.99. The summed E-state index contributed by atoms with van der Waals surface area (Å²) in [6.45, 7) is 6.05. The molecule has 98 valence electrons. The van der Waals surface area contributed by atoms with Crippen molar-refractivity contribution in [2.24, 2.45) is 13.0 Å². The minimum Gasteiger partial charge on any atom is -0.381 e. The molecule has 0 amide bonds. The summed E-state index contributed by atoms with van der Waals surface area (Å²) in [5.74, 6) is 2.16. The van der Waals surface area contributed by atoms with Gasteiger partial charge in [0, 0.05) is 19.4 Å². The van der Waals surface area contributed by atoms with Crippen molar-refractivity contribution in [1.82, 2.24) is 9.55 Å². The molecule has 0 saturated heterocycles. The smallest absolute Gasteiger partial charge is 0.168 e. The van der Waals surface area contributed by atoms with Crippen LogP contribution in [-0.2, 0) is 17.7 Å². The van der Waals surface area contributed by atoms with Gasteiger partial charge in [-0.25, -0.2) is 4.98 Å². The predicted octanol–water partition coefficient (Wildman–Crippen LogP) is 3.31. The van der Waals surface area contributed by atoms with E-state index in [1.54, 1.807) is 11.8 Å². The highest BCUT2D eigenvalue weighted by Gasteiger charge is 2.05. The number of aromatic nitrogens is 2. The summed E-state index contributed by atoms with van der Waals surface area (Å²) in [4.78, 5) is 4.32. The van der Waals surface area contributed by atoms with Crippen LogP contribution < -0.4 is 0 Å². The van der Waals surface area contributed by atoms with Gasteiger partial charge in [0.15, 0.2) is 5.16 Å². The van der Waals surface area contributed by atoms with Crippen LogP contribution in [0.2, 0.25) is 0 Å². The molecule has 1 rings (SSSR count). The molecule has 0 aliphatic carbocycles. The fraction of sp³-hybridized carbons (Fsp3) is 0.750. The van der Waals surface area contributed by atoms with Gasteiger partial charge in [0.25, 0.3) is 0 Å². The SMILES string of the molecule is CC(C)CCOCCSc1ncc(CCl)n1C. The molecule has 0 unspecified atom stereocenters. The Hall–Kier alpha value is -0.190. The van der Waals surface area contributed by atoms with E-state index in [1.807, 2.05) is 17.8 Å². The molecule has 1 aromatic rings. The summed E-state index contributed by atoms with van der Waals surface area (Å²) >= 11 is 7.49. The molecule has 17 heavy (non-hydrogen) atoms. The monoisotopic (exact) mass is 276 g/mol. The molecule has 0 atom stereocenters. The first-order chi connectivity index (χ1) is 8.15. The second kappa shape index (κ2) is 8.01. The highest BCUT2D eigenvalue weighted by Crippen LogP contribution is 2.17. The molecule has 0 N–H and O–H groups in total. The normalized spacial score (nSPS) is 11.4. The minimum absolute atomic E-state index is 0.509. The average molecular weight is 277 g/mol. The molecule has 3 nitrogen and oxygen atoms in total. The average Bonchev–Trinajstić information content (AvgIpc) is 2.64. The topological polar surface area (TPSA) is 27.1 Å². The van der Waals surface area contributed by atoms with Crippen molar-refractivity contribution in [2.75, 3.05) is 19.0 Å². The first kappa shape index (κ1) is 14.9. The van der Waals surface area contributed by atoms with Crippen LogP contribution in [0.4, 0.5) is 0 Å². The van der Waals surface area contributed by atoms with E-state index >= 15 is 0 Å². The Balaban J connectivity index is 2.16. The number of alkyl halides is 1. The fourth-order valence-electron chi connectivity index (χ4n) is 1.30. The van der Waals surface area contributed by atoms with Gasteiger partial charge in [0.2, 0.25) is 0 Å². The summed E-state index contributed by atoms with van der Waals surface area (Å²) < 4.78 is 7.59. The maximum Gasteiger partial charge on any atom is 0.168 e. The Morgan fingerprint density at radius 1 is 1.47 bits per heavy atom. The van der Waals surface area contributed by atoms with Crippen LogP contribution in [0.25, 0.3) is 0 Å². The Labute approximate surface area is 113 Å². The zero-order valence-electron chi connectivity index (χ0n) is 10.8. The second-order valence-electron chi connectivity index (χ2n) is 4.37. The number of nitrogens with zero attached hydrogens (tertiary/aromatic N) is 2. The van der Waals surface area contributed by atoms with Crippen LogP contribution in [0.15, 0.2) is 11.4 Å². The third-order valence-electron chi connectivity index (χ3n) is 2.48. The van der Waals surface area contributed by atoms with Gasteiger partial charge in [-0.15, -0.1) is 11.6 Å². The molecule has 0 aromatic carbocycles. The summed E-state index contributed by atoms with van der Waals surface area (Å²) in [6, 6.07) is 0. The van der Waals surface area contributed by atoms with E-state index in [1.165, 1.54) is 0 Å². The van der Waals surface area contributed by atoms with Crippen molar-refractivity contribution in [3.63, 3.8) is 0 Å². The van der Waals surface area contributed by atoms with Crippen LogP contribution in [0, 0.1) is 5.92 Å². The number of hydrogen-bond acceptors (Lipinski definition) is 3. The molecular weight excluding hydrogens is 256 g/mol. The molecule has 0 aliphatic heterocycles. The number of hydrogen-bond donors (Lipinski definition) is 0. The van der Waals surface area contributed by atoms with Crippen LogP contribution >= 0.6 is 23.4 Å². The third kappa shape index (κ3) is 5.32. The number of ether oxygens (including phenoxy) is 1. The van der Waals surface area contributed by atoms with E-state index in [0.717, 1.165) is 36.2 Å². The molecule has 0 spiro atoms. The summed E-state index contributed by atoms with van der Waals surface area (Å²) in [6.07, 6.45) is 2.96. The van der Waals surface area contributed by atoms with Crippen LogP contribution in [-0.4, -0.2) is 28.5 Å². The van der Waals surface area contributed by atoms with E-state index in [4.69, 9.17) is 16.3 Å². The molecular formula is C12H21ClN2OS. The van der Waals surface area contributed by atoms with E-state index in [9.17, 15) is 0 Å². The first-order valence-corrected chi connectivity index (χ1v) is 7.44. The van der Waals surface area contributed by atoms with Gasteiger partial charge in [0.05, 0.1) is 24.4 Å². The van der Waals surface area contributed by atoms with Crippen molar-refractivity contribution in [1.29, 1.82) is 0 Å². The van der Waals surface area contributed by atoms with Crippen LogP contribution in [0.3, 0.4) is 0 Å². The van der Waals surface area contributed by atoms with E-state index in [-0.39, 0.29) is 0 Å². The van der Waals surface area contributed by atoms with Crippen molar-refractivity contribution < 1.29 is 4.74 Å². The number of imidazole rings is 1. The van der Waals surface area contributed by atoms with E-state index in [2.05, 4.69) is 18.8 Å². The molecule has 0 bridgehead atoms. The fourth-order valence-corrected chi connectivity index (χ4v) is 2.37. The van der Waals surface area contributed by atoms with Gasteiger partial charge in [-0.2, -0.15) is 0 Å². The molecule has 0 saturated carbocycles. The summed E-state index contributed by atoms with van der Waals surface area (Å²) in [7, 11) is 1.99. The van der Waals surface area contributed by atoms with E-state index < -0.39 is 0 Å². The Bertz CT molecular complexity index is 328. The maximum atomic E-state index is 5.78. The minimum atomic E-state index is 0.509. The van der Waals surface area contributed by atoms with Gasteiger partial charge in [-0.05, 0) is 12.3 Å². The van der Waals surface area contributed by atoms with Crippen molar-refractivity contribution in [2.45, 2.75) is 31.3 Å². The number of halogens is 1. The number of rotatable bonds is 8. The maximum absolute atomic E-state index is 5.78. The van der Waals surface area contributed by atoms with Gasteiger partial charge in [-0.1, -0.05) is 25.6 Å². The lowest BCUT2D eigenvalue weighted by Crippen LogP contribution is -2.03. The second-order valence-corrected chi connectivity index (χ2v) is 5.70. The highest BCUT2D eigenvalue weighted by atomic mass is 35.5. The lowest BCUT2D eigenvalue weighted by molar-refractivity contribution is 0.138. The van der Waals surface area contributed by atoms with Crippen molar-refractivity contribution in [3.8, 4) is 0 Å². The molecule has 0 radical (unpaired) electrons. The first-order valence-electron chi connectivity index (χ1n) is 5.92. The standard InChI is InChI=1S/C12H21ClN2OS/c1-10(2)4-5-16-6-7-17-12-14-9-11(8-13)15(12)3/h9-10H,4-8H2,1-3H3. The molecule has 5 heteroatoms. The molecule has 0 aliphatic rings. The Morgan fingerprint density at radius 3 is 2.82 bits per heavy atom. The largest absolute Gasteiger partial charge is 0.381 e. The van der Waals surface area contributed by atoms with Gasteiger partial charge in [-0.3, -0.25) is 0 Å². The zero-order valence-corrected chi connectivity index (χ0v) is 12.4. The third-order valence-corrected chi connectivity index (χ3v) is 3.76.